The lowest BCUT2D eigenvalue weighted by atomic mass is 9.91. The van der Waals surface area contributed by atoms with E-state index >= 15 is 0 Å². The van der Waals surface area contributed by atoms with Crippen molar-refractivity contribution < 1.29 is 9.59 Å². The van der Waals surface area contributed by atoms with E-state index in [9.17, 15) is 9.59 Å². The molecule has 0 N–H and O–H groups in total. The maximum Gasteiger partial charge on any atom is 0.312 e. The number of aromatic nitrogens is 2. The van der Waals surface area contributed by atoms with Crippen LogP contribution in [0.25, 0.3) is 11.4 Å². The molecule has 0 atom stereocenters. The van der Waals surface area contributed by atoms with Crippen molar-refractivity contribution >= 4 is 11.8 Å². The molecule has 4 rings (SSSR count). The summed E-state index contributed by atoms with van der Waals surface area (Å²) in [4.78, 5) is 36.8. The molecule has 2 amide bonds. The monoisotopic (exact) mass is 336 g/mol. The molecule has 0 spiro atoms. The number of benzene rings is 1. The molecule has 1 aliphatic carbocycles. The minimum absolute atomic E-state index is 0.270. The van der Waals surface area contributed by atoms with Crippen molar-refractivity contribution in [3.63, 3.8) is 0 Å². The summed E-state index contributed by atoms with van der Waals surface area (Å²) in [6.07, 6.45) is 6.65. The number of hydrogen-bond donors (Lipinski definition) is 0. The summed E-state index contributed by atoms with van der Waals surface area (Å²) in [5.74, 6) is -0.121. The number of carbonyl (C=O) groups excluding carboxylic acids is 2. The zero-order valence-corrected chi connectivity index (χ0v) is 14.0. The SMILES string of the molecule is O=C1C(=O)N(C2CCC2)CCN1Cc1cnc(-c2ccccc2)nc1. The minimum atomic E-state index is -0.412. The van der Waals surface area contributed by atoms with Crippen molar-refractivity contribution in [2.45, 2.75) is 31.8 Å². The number of amides is 2. The third-order valence-electron chi connectivity index (χ3n) is 4.97. The van der Waals surface area contributed by atoms with E-state index in [1.807, 2.05) is 30.3 Å². The highest BCUT2D eigenvalue weighted by atomic mass is 16.2. The highest BCUT2D eigenvalue weighted by Crippen LogP contribution is 2.26. The highest BCUT2D eigenvalue weighted by molar-refractivity contribution is 6.35. The van der Waals surface area contributed by atoms with Crippen LogP contribution in [0.2, 0.25) is 0 Å². The largest absolute Gasteiger partial charge is 0.330 e. The minimum Gasteiger partial charge on any atom is -0.330 e. The zero-order chi connectivity index (χ0) is 17.2. The van der Waals surface area contributed by atoms with Gasteiger partial charge in [-0.25, -0.2) is 9.97 Å². The Morgan fingerprint density at radius 2 is 1.68 bits per heavy atom. The molecule has 2 fully saturated rings. The summed E-state index contributed by atoms with van der Waals surface area (Å²) < 4.78 is 0. The lowest BCUT2D eigenvalue weighted by molar-refractivity contribution is -0.159. The number of carbonyl (C=O) groups is 2. The number of piperazine rings is 1. The van der Waals surface area contributed by atoms with Gasteiger partial charge in [-0.15, -0.1) is 0 Å². The van der Waals surface area contributed by atoms with Crippen molar-refractivity contribution in [1.82, 2.24) is 19.8 Å². The zero-order valence-electron chi connectivity index (χ0n) is 14.0. The lowest BCUT2D eigenvalue weighted by Crippen LogP contribution is -2.58. The summed E-state index contributed by atoms with van der Waals surface area (Å²) in [5, 5.41) is 0. The fourth-order valence-corrected chi connectivity index (χ4v) is 3.28. The van der Waals surface area contributed by atoms with Crippen LogP contribution in [0.4, 0.5) is 0 Å². The van der Waals surface area contributed by atoms with Crippen molar-refractivity contribution in [2.75, 3.05) is 13.1 Å². The quantitative estimate of drug-likeness (QED) is 0.800. The topological polar surface area (TPSA) is 66.4 Å². The van der Waals surface area contributed by atoms with E-state index < -0.39 is 5.91 Å². The van der Waals surface area contributed by atoms with Gasteiger partial charge < -0.3 is 9.80 Å². The molecule has 0 bridgehead atoms. The van der Waals surface area contributed by atoms with Crippen molar-refractivity contribution in [1.29, 1.82) is 0 Å². The first-order valence-electron chi connectivity index (χ1n) is 8.68. The van der Waals surface area contributed by atoms with Crippen LogP contribution in [0, 0.1) is 0 Å². The molecule has 6 nitrogen and oxygen atoms in total. The van der Waals surface area contributed by atoms with Crippen LogP contribution in [0.5, 0.6) is 0 Å². The van der Waals surface area contributed by atoms with Gasteiger partial charge in [0.2, 0.25) is 0 Å². The van der Waals surface area contributed by atoms with Crippen LogP contribution in [-0.4, -0.2) is 50.7 Å². The fourth-order valence-electron chi connectivity index (χ4n) is 3.28. The second-order valence-electron chi connectivity index (χ2n) is 6.59. The van der Waals surface area contributed by atoms with Crippen LogP contribution in [-0.2, 0) is 16.1 Å². The van der Waals surface area contributed by atoms with E-state index in [4.69, 9.17) is 0 Å². The van der Waals surface area contributed by atoms with Gasteiger partial charge in [0.25, 0.3) is 0 Å². The molecule has 2 heterocycles. The Balaban J connectivity index is 1.42. The summed E-state index contributed by atoms with van der Waals surface area (Å²) in [7, 11) is 0. The van der Waals surface area contributed by atoms with E-state index in [1.165, 1.54) is 0 Å². The van der Waals surface area contributed by atoms with Crippen LogP contribution in [0.3, 0.4) is 0 Å². The smallest absolute Gasteiger partial charge is 0.312 e. The molecule has 1 aliphatic heterocycles. The Labute approximate surface area is 146 Å². The normalized spacial score (nSPS) is 18.4. The van der Waals surface area contributed by atoms with E-state index in [0.717, 1.165) is 30.4 Å². The molecule has 0 unspecified atom stereocenters. The molecule has 1 saturated carbocycles. The van der Waals surface area contributed by atoms with Crippen molar-refractivity contribution in [2.24, 2.45) is 0 Å². The van der Waals surface area contributed by atoms with Gasteiger partial charge in [-0.05, 0) is 19.3 Å². The van der Waals surface area contributed by atoms with Crippen LogP contribution in [0.1, 0.15) is 24.8 Å². The Bertz CT molecular complexity index is 772. The van der Waals surface area contributed by atoms with E-state index in [0.29, 0.717) is 25.5 Å². The number of rotatable bonds is 4. The summed E-state index contributed by atoms with van der Waals surface area (Å²) in [6.45, 7) is 1.57. The van der Waals surface area contributed by atoms with Crippen LogP contribution < -0.4 is 0 Å². The average Bonchev–Trinajstić information content (AvgIpc) is 2.61. The van der Waals surface area contributed by atoms with Gasteiger partial charge in [0.1, 0.15) is 0 Å². The molecule has 0 radical (unpaired) electrons. The second kappa shape index (κ2) is 6.63. The predicted molar refractivity (Wildman–Crippen MR) is 92.2 cm³/mol. The molecule has 1 aromatic carbocycles. The molecular weight excluding hydrogens is 316 g/mol. The van der Waals surface area contributed by atoms with Gasteiger partial charge in [0, 0.05) is 49.2 Å². The van der Waals surface area contributed by atoms with E-state index in [1.54, 1.807) is 22.2 Å². The number of nitrogens with zero attached hydrogens (tertiary/aromatic N) is 4. The van der Waals surface area contributed by atoms with Gasteiger partial charge >= 0.3 is 11.8 Å². The first-order valence-corrected chi connectivity index (χ1v) is 8.68. The van der Waals surface area contributed by atoms with Crippen molar-refractivity contribution in [3.8, 4) is 11.4 Å². The molecule has 128 valence electrons. The summed E-state index contributed by atoms with van der Waals surface area (Å²) in [5.41, 5.74) is 1.78. The Kier molecular flexibility index (Phi) is 4.17. The molecule has 1 saturated heterocycles. The molecule has 2 aromatic rings. The number of hydrogen-bond acceptors (Lipinski definition) is 4. The fraction of sp³-hybridized carbons (Fsp3) is 0.368. The predicted octanol–water partition coefficient (Wildman–Crippen LogP) is 1.87. The molecule has 25 heavy (non-hydrogen) atoms. The maximum atomic E-state index is 12.4. The first-order chi connectivity index (χ1) is 12.2. The first kappa shape index (κ1) is 15.7. The lowest BCUT2D eigenvalue weighted by Gasteiger charge is -2.42. The Hall–Kier alpha value is -2.76. The van der Waals surface area contributed by atoms with Gasteiger partial charge in [0.05, 0.1) is 0 Å². The van der Waals surface area contributed by atoms with Crippen LogP contribution in [0.15, 0.2) is 42.7 Å². The third kappa shape index (κ3) is 3.12. The Morgan fingerprint density at radius 3 is 2.32 bits per heavy atom. The second-order valence-corrected chi connectivity index (χ2v) is 6.59. The third-order valence-corrected chi connectivity index (χ3v) is 4.97. The standard InChI is InChI=1S/C19H20N4O2/c24-18-19(25)23(16-7-4-8-16)10-9-22(18)13-14-11-20-17(21-12-14)15-5-2-1-3-6-15/h1-3,5-6,11-12,16H,4,7-10,13H2. The summed E-state index contributed by atoms with van der Waals surface area (Å²) in [6, 6.07) is 10.0. The van der Waals surface area contributed by atoms with E-state index in [-0.39, 0.29) is 11.9 Å². The van der Waals surface area contributed by atoms with Gasteiger partial charge in [0.15, 0.2) is 5.82 Å². The molecule has 6 heteroatoms. The average molecular weight is 336 g/mol. The Morgan fingerprint density at radius 1 is 0.960 bits per heavy atom. The van der Waals surface area contributed by atoms with Crippen molar-refractivity contribution in [3.05, 3.63) is 48.3 Å². The highest BCUT2D eigenvalue weighted by Gasteiger charge is 2.38. The van der Waals surface area contributed by atoms with Gasteiger partial charge in [-0.1, -0.05) is 30.3 Å². The molecule has 1 aromatic heterocycles. The maximum absolute atomic E-state index is 12.4. The summed E-state index contributed by atoms with van der Waals surface area (Å²) >= 11 is 0. The van der Waals surface area contributed by atoms with Gasteiger partial charge in [-0.2, -0.15) is 0 Å². The van der Waals surface area contributed by atoms with Crippen LogP contribution >= 0.6 is 0 Å². The van der Waals surface area contributed by atoms with Gasteiger partial charge in [-0.3, -0.25) is 9.59 Å². The van der Waals surface area contributed by atoms with E-state index in [2.05, 4.69) is 9.97 Å². The molecule has 2 aliphatic rings. The molecular formula is C19H20N4O2.